The van der Waals surface area contributed by atoms with E-state index in [-0.39, 0.29) is 110 Å². The minimum atomic E-state index is -0.721. The van der Waals surface area contributed by atoms with E-state index in [9.17, 15) is 43.2 Å². The van der Waals surface area contributed by atoms with E-state index in [1.807, 2.05) is 0 Å². The molecule has 3 rings (SSSR count). The van der Waals surface area contributed by atoms with E-state index < -0.39 is 47.4 Å². The maximum Gasteiger partial charge on any atom is 0.335 e. The molecule has 0 aromatic rings. The van der Waals surface area contributed by atoms with Gasteiger partial charge < -0.3 is 90.4 Å². The van der Waals surface area contributed by atoms with Crippen molar-refractivity contribution in [3.63, 3.8) is 0 Å². The smallest absolute Gasteiger partial charge is 0.335 e. The molecule has 31 heteroatoms. The van der Waals surface area contributed by atoms with E-state index in [0.29, 0.717) is 182 Å². The van der Waals surface area contributed by atoms with Gasteiger partial charge in [-0.3, -0.25) is 38.5 Å². The number of carbonyl (C=O) groups is 9. The molecule has 7 amide bonds. The average molecular weight is 1210 g/mol. The molecule has 3 aliphatic heterocycles. The predicted molar refractivity (Wildman–Crippen MR) is 284 cm³/mol. The molecular weight excluding hydrogens is 1120 g/mol. The highest BCUT2D eigenvalue weighted by Gasteiger charge is 2.34. The van der Waals surface area contributed by atoms with Gasteiger partial charge in [0.05, 0.1) is 224 Å². The standard InChI is InChI=1S/C53H86N4O27/c58-45(7-10-55-46(59)1-2-47(55)60)54(11-15-69-19-23-73-27-31-77-35-39-81-43-41-79-37-33-75-29-25-71-21-17-67-13-8-52(65)83-56-48(61)3-4-49(56)62)12-16-70-20-24-74-28-32-78-36-40-82-44-42-80-38-34-76-30-26-72-22-18-68-14-9-53(66)84-57-50(63)5-6-51(57)64/h1-2H,3-44H2. The third-order valence-corrected chi connectivity index (χ3v) is 11.3. The Hall–Kier alpha value is -5.07. The molecule has 0 spiro atoms. The molecule has 0 atom stereocenters. The van der Waals surface area contributed by atoms with Gasteiger partial charge in [-0.15, -0.1) is 10.1 Å². The van der Waals surface area contributed by atoms with Crippen molar-refractivity contribution >= 4 is 53.3 Å². The van der Waals surface area contributed by atoms with Crippen molar-refractivity contribution < 1.29 is 129 Å². The van der Waals surface area contributed by atoms with Crippen LogP contribution in [0.5, 0.6) is 0 Å². The zero-order valence-electron chi connectivity index (χ0n) is 48.2. The lowest BCUT2D eigenvalue weighted by Gasteiger charge is -2.24. The van der Waals surface area contributed by atoms with Crippen LogP contribution in [0.3, 0.4) is 0 Å². The van der Waals surface area contributed by atoms with Gasteiger partial charge in [0.1, 0.15) is 0 Å². The molecule has 2 fully saturated rings. The topological polar surface area (TPSA) is 333 Å². The summed E-state index contributed by atoms with van der Waals surface area (Å²) in [4.78, 5) is 118. The van der Waals surface area contributed by atoms with Gasteiger partial charge in [0, 0.05) is 63.9 Å². The molecule has 480 valence electrons. The first kappa shape index (κ1) is 73.2. The van der Waals surface area contributed by atoms with Crippen molar-refractivity contribution in [2.75, 3.05) is 231 Å². The number of hydroxylamine groups is 4. The van der Waals surface area contributed by atoms with Crippen LogP contribution in [-0.4, -0.2) is 304 Å². The number of carbonyl (C=O) groups excluding carboxylic acids is 9. The lowest BCUT2D eigenvalue weighted by molar-refractivity contribution is -0.198. The van der Waals surface area contributed by atoms with Gasteiger partial charge in [0.2, 0.25) is 5.91 Å². The van der Waals surface area contributed by atoms with Gasteiger partial charge in [0.15, 0.2) is 0 Å². The van der Waals surface area contributed by atoms with E-state index in [2.05, 4.69) is 0 Å². The minimum absolute atomic E-state index is 0.0318. The molecule has 0 aromatic heterocycles. The molecule has 2 saturated heterocycles. The van der Waals surface area contributed by atoms with Crippen LogP contribution in [0.2, 0.25) is 0 Å². The number of amides is 7. The normalized spacial score (nSPS) is 14.4. The lowest BCUT2D eigenvalue weighted by Crippen LogP contribution is -2.40. The number of ether oxygens (including phenoxy) is 16. The maximum absolute atomic E-state index is 13.1. The summed E-state index contributed by atoms with van der Waals surface area (Å²) in [5, 5.41) is 1.01. The van der Waals surface area contributed by atoms with Gasteiger partial charge in [0.25, 0.3) is 35.4 Å². The van der Waals surface area contributed by atoms with Crippen LogP contribution in [0, 0.1) is 0 Å². The van der Waals surface area contributed by atoms with Gasteiger partial charge in [-0.2, -0.15) is 0 Å². The zero-order chi connectivity index (χ0) is 60.3. The molecule has 0 saturated carbocycles. The minimum Gasteiger partial charge on any atom is -0.378 e. The van der Waals surface area contributed by atoms with E-state index in [4.69, 9.17) is 85.5 Å². The first-order chi connectivity index (χ1) is 41.1. The summed E-state index contributed by atoms with van der Waals surface area (Å²) in [5.41, 5.74) is 0. The van der Waals surface area contributed by atoms with Crippen LogP contribution >= 0.6 is 0 Å². The van der Waals surface area contributed by atoms with Gasteiger partial charge in [-0.1, -0.05) is 0 Å². The Morgan fingerprint density at radius 2 is 0.524 bits per heavy atom. The second-order valence-corrected chi connectivity index (χ2v) is 17.7. The van der Waals surface area contributed by atoms with Gasteiger partial charge >= 0.3 is 11.9 Å². The first-order valence-electron chi connectivity index (χ1n) is 28.2. The van der Waals surface area contributed by atoms with E-state index in [1.165, 1.54) is 12.2 Å². The van der Waals surface area contributed by atoms with Crippen molar-refractivity contribution in [1.82, 2.24) is 19.9 Å². The fourth-order valence-electron chi connectivity index (χ4n) is 6.93. The number of nitrogens with zero attached hydrogens (tertiary/aromatic N) is 4. The fourth-order valence-corrected chi connectivity index (χ4v) is 6.93. The monoisotopic (exact) mass is 1210 g/mol. The van der Waals surface area contributed by atoms with Crippen molar-refractivity contribution in [2.45, 2.75) is 44.9 Å². The third-order valence-electron chi connectivity index (χ3n) is 11.3. The van der Waals surface area contributed by atoms with Crippen LogP contribution in [-0.2, 0) is 129 Å². The van der Waals surface area contributed by atoms with Gasteiger partial charge in [-0.25, -0.2) is 9.59 Å². The molecule has 3 aliphatic rings. The SMILES string of the molecule is O=C(CCOCCOCCOCCOCCOCCOCCOCCOCCN(CCOCCOCCOCCOCCOCCOCCOCCOCCC(=O)ON1C(=O)CCC1=O)C(=O)CCN1C(=O)C=CC1=O)ON1C(=O)CCC1=O. The highest BCUT2D eigenvalue weighted by Crippen LogP contribution is 2.14. The van der Waals surface area contributed by atoms with Crippen LogP contribution in [0.15, 0.2) is 12.2 Å². The van der Waals surface area contributed by atoms with Crippen LogP contribution in [0.1, 0.15) is 44.9 Å². The molecule has 84 heavy (non-hydrogen) atoms. The third kappa shape index (κ3) is 37.4. The Morgan fingerprint density at radius 1 is 0.310 bits per heavy atom. The molecule has 31 nitrogen and oxygen atoms in total. The number of hydrogen-bond donors (Lipinski definition) is 0. The zero-order valence-corrected chi connectivity index (χ0v) is 48.2. The summed E-state index contributed by atoms with van der Waals surface area (Å²) in [6.45, 7) is 11.1. The van der Waals surface area contributed by atoms with E-state index >= 15 is 0 Å². The van der Waals surface area contributed by atoms with Crippen molar-refractivity contribution in [3.05, 3.63) is 12.2 Å². The summed E-state index contributed by atoms with van der Waals surface area (Å²) in [6, 6.07) is 0. The van der Waals surface area contributed by atoms with Crippen LogP contribution < -0.4 is 0 Å². The van der Waals surface area contributed by atoms with Gasteiger partial charge in [-0.05, 0) is 0 Å². The Labute approximate surface area is 488 Å². The van der Waals surface area contributed by atoms with E-state index in [1.54, 1.807) is 4.90 Å². The van der Waals surface area contributed by atoms with Crippen molar-refractivity contribution in [1.29, 1.82) is 0 Å². The first-order valence-corrected chi connectivity index (χ1v) is 28.2. The molecule has 0 unspecified atom stereocenters. The Morgan fingerprint density at radius 3 is 0.762 bits per heavy atom. The molecular formula is C53H86N4O27. The number of imide groups is 3. The average Bonchev–Trinajstić information content (AvgIpc) is 4.36. The molecule has 0 aromatic carbocycles. The summed E-state index contributed by atoms with van der Waals surface area (Å²) in [7, 11) is 0. The van der Waals surface area contributed by atoms with Crippen LogP contribution in [0.25, 0.3) is 0 Å². The molecule has 0 radical (unpaired) electrons. The second kappa shape index (κ2) is 50.1. The van der Waals surface area contributed by atoms with E-state index in [0.717, 1.165) is 4.90 Å². The van der Waals surface area contributed by atoms with Crippen molar-refractivity contribution in [3.8, 4) is 0 Å². The largest absolute Gasteiger partial charge is 0.378 e. The summed E-state index contributed by atoms with van der Waals surface area (Å²) < 4.78 is 87.8. The quantitative estimate of drug-likeness (QED) is 0.0488. The Kier molecular flexibility index (Phi) is 43.7. The predicted octanol–water partition coefficient (Wildman–Crippen LogP) is -1.61. The summed E-state index contributed by atoms with van der Waals surface area (Å²) in [6.07, 6.45) is 2.27. The summed E-state index contributed by atoms with van der Waals surface area (Å²) >= 11 is 0. The Bertz CT molecular complexity index is 1750. The van der Waals surface area contributed by atoms with Crippen molar-refractivity contribution in [2.24, 2.45) is 0 Å². The fraction of sp³-hybridized carbons (Fsp3) is 0.792. The molecule has 0 bridgehead atoms. The number of rotatable bonds is 59. The number of hydrogen-bond acceptors (Lipinski definition) is 27. The van der Waals surface area contributed by atoms with Crippen LogP contribution in [0.4, 0.5) is 0 Å². The molecule has 3 heterocycles. The molecule has 0 N–H and O–H groups in total. The molecule has 0 aliphatic carbocycles. The Balaban J connectivity index is 1.02. The second-order valence-electron chi connectivity index (χ2n) is 17.7. The lowest BCUT2D eigenvalue weighted by atomic mass is 10.3. The summed E-state index contributed by atoms with van der Waals surface area (Å²) in [5.74, 6) is -4.72. The highest BCUT2D eigenvalue weighted by atomic mass is 16.7. The highest BCUT2D eigenvalue weighted by molar-refractivity contribution is 6.13. The maximum atomic E-state index is 13.1.